The standard InChI is InChI=1S/C16H22ClFS/c1-2-3-4-5-14-15(17)10-11-19-16(14)12-6-8-13(18)9-7-12/h6-9,14-16H,2-5,10-11H2,1H3/t14-,15+,16+/m0/s1. The summed E-state index contributed by atoms with van der Waals surface area (Å²) < 4.78 is 13.0. The molecule has 19 heavy (non-hydrogen) atoms. The van der Waals surface area contributed by atoms with Crippen molar-refractivity contribution in [2.75, 3.05) is 5.75 Å². The maximum absolute atomic E-state index is 13.0. The van der Waals surface area contributed by atoms with Gasteiger partial charge in [0.2, 0.25) is 0 Å². The Balaban J connectivity index is 2.08. The van der Waals surface area contributed by atoms with E-state index in [-0.39, 0.29) is 11.2 Å². The molecule has 1 fully saturated rings. The first-order valence-electron chi connectivity index (χ1n) is 7.23. The van der Waals surface area contributed by atoms with Crippen LogP contribution in [0.3, 0.4) is 0 Å². The van der Waals surface area contributed by atoms with E-state index in [0.29, 0.717) is 11.2 Å². The average Bonchev–Trinajstić information content (AvgIpc) is 2.42. The molecule has 106 valence electrons. The van der Waals surface area contributed by atoms with Crippen LogP contribution in [0.15, 0.2) is 24.3 Å². The monoisotopic (exact) mass is 300 g/mol. The maximum atomic E-state index is 13.0. The van der Waals surface area contributed by atoms with Gasteiger partial charge in [0.25, 0.3) is 0 Å². The van der Waals surface area contributed by atoms with Gasteiger partial charge in [0.15, 0.2) is 0 Å². The number of thioether (sulfide) groups is 1. The van der Waals surface area contributed by atoms with Gasteiger partial charge in [-0.25, -0.2) is 4.39 Å². The number of alkyl halides is 1. The zero-order valence-corrected chi connectivity index (χ0v) is 13.0. The Labute approximate surface area is 125 Å². The summed E-state index contributed by atoms with van der Waals surface area (Å²) in [6.45, 7) is 2.23. The van der Waals surface area contributed by atoms with Crippen molar-refractivity contribution in [2.45, 2.75) is 49.7 Å². The molecule has 3 heteroatoms. The summed E-state index contributed by atoms with van der Waals surface area (Å²) in [5.41, 5.74) is 1.23. The Morgan fingerprint density at radius 3 is 2.68 bits per heavy atom. The third-order valence-corrected chi connectivity index (χ3v) is 5.88. The van der Waals surface area contributed by atoms with Crippen molar-refractivity contribution in [3.63, 3.8) is 0 Å². The Morgan fingerprint density at radius 1 is 1.26 bits per heavy atom. The molecule has 0 amide bonds. The third kappa shape index (κ3) is 4.13. The summed E-state index contributed by atoms with van der Waals surface area (Å²) in [6, 6.07) is 6.98. The predicted molar refractivity (Wildman–Crippen MR) is 83.5 cm³/mol. The molecule has 0 N–H and O–H groups in total. The van der Waals surface area contributed by atoms with E-state index in [2.05, 4.69) is 6.92 Å². The maximum Gasteiger partial charge on any atom is 0.123 e. The lowest BCUT2D eigenvalue weighted by Gasteiger charge is -2.35. The van der Waals surface area contributed by atoms with E-state index in [1.54, 1.807) is 12.1 Å². The average molecular weight is 301 g/mol. The molecule has 0 aromatic heterocycles. The third-order valence-electron chi connectivity index (χ3n) is 3.88. The highest BCUT2D eigenvalue weighted by Gasteiger charge is 2.33. The smallest absolute Gasteiger partial charge is 0.123 e. The quantitative estimate of drug-likeness (QED) is 0.488. The molecule has 1 saturated heterocycles. The lowest BCUT2D eigenvalue weighted by molar-refractivity contribution is 0.412. The second kappa shape index (κ2) is 7.54. The van der Waals surface area contributed by atoms with Crippen molar-refractivity contribution in [3.8, 4) is 0 Å². The Bertz CT molecular complexity index is 379. The minimum atomic E-state index is -0.158. The molecule has 1 aliphatic rings. The van der Waals surface area contributed by atoms with Gasteiger partial charge in [-0.05, 0) is 42.2 Å². The molecule has 0 spiro atoms. The number of hydrogen-bond donors (Lipinski definition) is 0. The lowest BCUT2D eigenvalue weighted by atomic mass is 9.88. The van der Waals surface area contributed by atoms with Gasteiger partial charge in [0, 0.05) is 10.6 Å². The van der Waals surface area contributed by atoms with Crippen molar-refractivity contribution >= 4 is 23.4 Å². The highest BCUT2D eigenvalue weighted by atomic mass is 35.5. The molecule has 1 aliphatic heterocycles. The van der Waals surface area contributed by atoms with E-state index in [0.717, 1.165) is 12.2 Å². The summed E-state index contributed by atoms with van der Waals surface area (Å²) in [4.78, 5) is 0. The zero-order chi connectivity index (χ0) is 13.7. The fourth-order valence-electron chi connectivity index (χ4n) is 2.79. The van der Waals surface area contributed by atoms with Crippen molar-refractivity contribution in [3.05, 3.63) is 35.6 Å². The van der Waals surface area contributed by atoms with Gasteiger partial charge in [-0.15, -0.1) is 11.6 Å². The normalized spacial score (nSPS) is 27.4. The Morgan fingerprint density at radius 2 is 2.00 bits per heavy atom. The molecule has 3 atom stereocenters. The van der Waals surface area contributed by atoms with Gasteiger partial charge >= 0.3 is 0 Å². The minimum absolute atomic E-state index is 0.158. The second-order valence-electron chi connectivity index (χ2n) is 5.31. The number of rotatable bonds is 5. The Hall–Kier alpha value is -0.210. The molecule has 0 nitrogen and oxygen atoms in total. The summed E-state index contributed by atoms with van der Waals surface area (Å²) in [6.07, 6.45) is 6.06. The van der Waals surface area contributed by atoms with Gasteiger partial charge in [0.1, 0.15) is 5.82 Å². The van der Waals surface area contributed by atoms with Crippen molar-refractivity contribution in [1.82, 2.24) is 0 Å². The molecule has 0 unspecified atom stereocenters. The Kier molecular flexibility index (Phi) is 6.03. The van der Waals surface area contributed by atoms with Crippen molar-refractivity contribution < 1.29 is 4.39 Å². The number of halogens is 2. The number of hydrogen-bond acceptors (Lipinski definition) is 1. The van der Waals surface area contributed by atoms with Gasteiger partial charge in [-0.3, -0.25) is 0 Å². The van der Waals surface area contributed by atoms with E-state index in [4.69, 9.17) is 11.6 Å². The SMILES string of the molecule is CCCCC[C@H]1[C@H](Cl)CCS[C@@H]1c1ccc(F)cc1. The molecule has 0 saturated carbocycles. The molecule has 1 aromatic rings. The lowest BCUT2D eigenvalue weighted by Crippen LogP contribution is -2.26. The topological polar surface area (TPSA) is 0 Å². The molecule has 2 rings (SSSR count). The molecule has 0 bridgehead atoms. The fraction of sp³-hybridized carbons (Fsp3) is 0.625. The van der Waals surface area contributed by atoms with E-state index in [1.807, 2.05) is 23.9 Å². The first-order valence-corrected chi connectivity index (χ1v) is 8.72. The van der Waals surface area contributed by atoms with Crippen molar-refractivity contribution in [1.29, 1.82) is 0 Å². The van der Waals surface area contributed by atoms with Crippen LogP contribution in [0.1, 0.15) is 49.8 Å². The second-order valence-corrected chi connectivity index (χ2v) is 7.12. The van der Waals surface area contributed by atoms with Gasteiger partial charge < -0.3 is 0 Å². The van der Waals surface area contributed by atoms with Gasteiger partial charge in [0.05, 0.1) is 0 Å². The van der Waals surface area contributed by atoms with Crippen molar-refractivity contribution in [2.24, 2.45) is 5.92 Å². The molecular formula is C16H22ClFS. The van der Waals surface area contributed by atoms with Crippen LogP contribution in [-0.2, 0) is 0 Å². The van der Waals surface area contributed by atoms with Gasteiger partial charge in [-0.1, -0.05) is 38.3 Å². The van der Waals surface area contributed by atoms with Crippen LogP contribution in [-0.4, -0.2) is 11.1 Å². The van der Waals surface area contributed by atoms with E-state index >= 15 is 0 Å². The molecule has 0 radical (unpaired) electrons. The molecule has 1 aromatic carbocycles. The molecule has 0 aliphatic carbocycles. The number of benzene rings is 1. The van der Waals surface area contributed by atoms with Crippen LogP contribution in [0.5, 0.6) is 0 Å². The summed E-state index contributed by atoms with van der Waals surface area (Å²) in [5.74, 6) is 1.48. The summed E-state index contributed by atoms with van der Waals surface area (Å²) in [5, 5.41) is 0.710. The van der Waals surface area contributed by atoms with E-state index in [1.165, 1.54) is 31.2 Å². The minimum Gasteiger partial charge on any atom is -0.207 e. The first kappa shape index (κ1) is 15.2. The summed E-state index contributed by atoms with van der Waals surface area (Å²) in [7, 11) is 0. The van der Waals surface area contributed by atoms with Crippen LogP contribution in [0.2, 0.25) is 0 Å². The highest BCUT2D eigenvalue weighted by Crippen LogP contribution is 2.46. The first-order chi connectivity index (χ1) is 9.22. The van der Waals surface area contributed by atoms with Crippen LogP contribution in [0, 0.1) is 11.7 Å². The van der Waals surface area contributed by atoms with E-state index in [9.17, 15) is 4.39 Å². The molecule has 1 heterocycles. The van der Waals surface area contributed by atoms with Crippen LogP contribution < -0.4 is 0 Å². The van der Waals surface area contributed by atoms with Gasteiger partial charge in [-0.2, -0.15) is 11.8 Å². The predicted octanol–water partition coefficient (Wildman–Crippen LogP) is 5.81. The van der Waals surface area contributed by atoms with Crippen LogP contribution in [0.4, 0.5) is 4.39 Å². The largest absolute Gasteiger partial charge is 0.207 e. The van der Waals surface area contributed by atoms with Crippen LogP contribution in [0.25, 0.3) is 0 Å². The molecular weight excluding hydrogens is 279 g/mol. The zero-order valence-electron chi connectivity index (χ0n) is 11.4. The van der Waals surface area contributed by atoms with Crippen LogP contribution >= 0.6 is 23.4 Å². The highest BCUT2D eigenvalue weighted by molar-refractivity contribution is 7.99. The van der Waals surface area contributed by atoms with E-state index < -0.39 is 0 Å². The summed E-state index contributed by atoms with van der Waals surface area (Å²) >= 11 is 8.54. The fourth-order valence-corrected chi connectivity index (χ4v) is 4.96. The number of unbranched alkanes of at least 4 members (excludes halogenated alkanes) is 2.